The minimum absolute atomic E-state index is 0.283. The molecule has 11 heteroatoms. The van der Waals surface area contributed by atoms with E-state index in [0.29, 0.717) is 42.4 Å². The molecule has 200 valence electrons. The molecule has 0 fully saturated rings. The SMILES string of the molecule is COc1ccc([C@@H]2C(C(=O)OC(C)C)=C(C)N=c3s/c(=C/c4ccc(Sc5nccc(C)n5)o4)c(=O)n32)cc1. The number of benzene rings is 1. The van der Waals surface area contributed by atoms with Crippen LogP contribution in [0.5, 0.6) is 5.75 Å². The number of hydrogen-bond donors (Lipinski definition) is 0. The molecule has 1 atom stereocenters. The number of methoxy groups -OCH3 is 1. The molecule has 3 aromatic heterocycles. The molecule has 0 amide bonds. The van der Waals surface area contributed by atoms with Crippen LogP contribution in [0, 0.1) is 6.92 Å². The van der Waals surface area contributed by atoms with E-state index in [4.69, 9.17) is 13.9 Å². The van der Waals surface area contributed by atoms with Crippen LogP contribution in [0.3, 0.4) is 0 Å². The molecule has 0 N–H and O–H groups in total. The van der Waals surface area contributed by atoms with E-state index < -0.39 is 12.0 Å². The lowest BCUT2D eigenvalue weighted by atomic mass is 9.96. The molecule has 1 aromatic carbocycles. The molecule has 4 heterocycles. The highest BCUT2D eigenvalue weighted by Crippen LogP contribution is 2.32. The van der Waals surface area contributed by atoms with E-state index in [1.165, 1.54) is 23.1 Å². The fourth-order valence-corrected chi connectivity index (χ4v) is 5.91. The van der Waals surface area contributed by atoms with Crippen LogP contribution in [0.25, 0.3) is 6.08 Å². The van der Waals surface area contributed by atoms with Gasteiger partial charge in [-0.3, -0.25) is 9.36 Å². The number of allylic oxidation sites excluding steroid dienone is 1. The van der Waals surface area contributed by atoms with Gasteiger partial charge in [-0.1, -0.05) is 23.5 Å². The van der Waals surface area contributed by atoms with Gasteiger partial charge >= 0.3 is 5.97 Å². The summed E-state index contributed by atoms with van der Waals surface area (Å²) in [5, 5.41) is 1.18. The van der Waals surface area contributed by atoms with Crippen molar-refractivity contribution in [1.82, 2.24) is 14.5 Å². The number of thiazole rings is 1. The quantitative estimate of drug-likeness (QED) is 0.245. The summed E-state index contributed by atoms with van der Waals surface area (Å²) >= 11 is 2.53. The fraction of sp³-hybridized carbons (Fsp3) is 0.250. The Balaban J connectivity index is 1.57. The van der Waals surface area contributed by atoms with Crippen molar-refractivity contribution in [2.75, 3.05) is 7.11 Å². The van der Waals surface area contributed by atoms with Crippen LogP contribution in [-0.4, -0.2) is 33.7 Å². The molecule has 0 aliphatic carbocycles. The first-order chi connectivity index (χ1) is 18.7. The van der Waals surface area contributed by atoms with Crippen molar-refractivity contribution in [3.05, 3.63) is 96.6 Å². The lowest BCUT2D eigenvalue weighted by molar-refractivity contribution is -0.143. The normalized spacial score (nSPS) is 15.3. The van der Waals surface area contributed by atoms with Gasteiger partial charge in [0.15, 0.2) is 15.1 Å². The van der Waals surface area contributed by atoms with Gasteiger partial charge in [0.2, 0.25) is 0 Å². The summed E-state index contributed by atoms with van der Waals surface area (Å²) in [6, 6.07) is 12.0. The van der Waals surface area contributed by atoms with Crippen molar-refractivity contribution in [3.63, 3.8) is 0 Å². The average Bonchev–Trinajstić information content (AvgIpc) is 3.46. The lowest BCUT2D eigenvalue weighted by Crippen LogP contribution is -2.40. The Kier molecular flexibility index (Phi) is 7.53. The molecule has 4 aromatic rings. The smallest absolute Gasteiger partial charge is 0.338 e. The van der Waals surface area contributed by atoms with E-state index in [1.807, 2.05) is 31.2 Å². The van der Waals surface area contributed by atoms with Crippen LogP contribution >= 0.6 is 23.1 Å². The van der Waals surface area contributed by atoms with E-state index >= 15 is 0 Å². The number of aryl methyl sites for hydroxylation is 1. The first-order valence-electron chi connectivity index (χ1n) is 12.2. The van der Waals surface area contributed by atoms with Crippen LogP contribution in [0.2, 0.25) is 0 Å². The van der Waals surface area contributed by atoms with Crippen molar-refractivity contribution in [2.24, 2.45) is 4.99 Å². The minimum atomic E-state index is -0.707. The predicted octanol–water partition coefficient (Wildman–Crippen LogP) is 4.04. The standard InChI is InChI=1S/C28H26N4O5S2/c1-15(2)36-26(34)23-17(4)31-28-32(24(23)18-6-8-19(35-5)9-7-18)25(33)21(38-28)14-20-10-11-22(37-20)39-27-29-13-12-16(3)30-27/h6-15,24H,1-5H3/b21-14+/t24-/m1/s1. The Hall–Kier alpha value is -3.96. The summed E-state index contributed by atoms with van der Waals surface area (Å²) in [4.78, 5) is 40.7. The zero-order valence-electron chi connectivity index (χ0n) is 22.0. The van der Waals surface area contributed by atoms with Crippen LogP contribution in [0.1, 0.15) is 43.8 Å². The number of rotatable bonds is 7. The second-order valence-corrected chi connectivity index (χ2v) is 11.0. The summed E-state index contributed by atoms with van der Waals surface area (Å²) in [7, 11) is 1.58. The topological polar surface area (TPSA) is 109 Å². The number of nitrogens with zero attached hydrogens (tertiary/aromatic N) is 4. The molecular weight excluding hydrogens is 536 g/mol. The highest BCUT2D eigenvalue weighted by molar-refractivity contribution is 7.99. The van der Waals surface area contributed by atoms with Gasteiger partial charge in [0.05, 0.1) is 35.1 Å². The first-order valence-corrected chi connectivity index (χ1v) is 13.8. The monoisotopic (exact) mass is 562 g/mol. The number of aromatic nitrogens is 3. The predicted molar refractivity (Wildman–Crippen MR) is 148 cm³/mol. The summed E-state index contributed by atoms with van der Waals surface area (Å²) in [5.41, 5.74) is 2.14. The van der Waals surface area contributed by atoms with Crippen LogP contribution in [0.4, 0.5) is 0 Å². The third-order valence-corrected chi connectivity index (χ3v) is 7.64. The summed E-state index contributed by atoms with van der Waals surface area (Å²) in [5.74, 6) is 0.666. The van der Waals surface area contributed by atoms with Gasteiger partial charge in [-0.2, -0.15) is 0 Å². The average molecular weight is 563 g/mol. The number of ether oxygens (including phenoxy) is 2. The third-order valence-electron chi connectivity index (χ3n) is 5.86. The Morgan fingerprint density at radius 3 is 2.62 bits per heavy atom. The van der Waals surface area contributed by atoms with Crippen LogP contribution in [0.15, 0.2) is 84.4 Å². The Bertz CT molecular complexity index is 1750. The van der Waals surface area contributed by atoms with Gasteiger partial charge in [0, 0.05) is 18.0 Å². The van der Waals surface area contributed by atoms with E-state index in [-0.39, 0.29) is 11.7 Å². The zero-order chi connectivity index (χ0) is 27.7. The van der Waals surface area contributed by atoms with E-state index in [9.17, 15) is 9.59 Å². The molecule has 9 nitrogen and oxygen atoms in total. The maximum atomic E-state index is 13.8. The van der Waals surface area contributed by atoms with Crippen molar-refractivity contribution < 1.29 is 18.7 Å². The maximum absolute atomic E-state index is 13.8. The molecule has 1 aliphatic rings. The van der Waals surface area contributed by atoms with Crippen molar-refractivity contribution in [3.8, 4) is 5.75 Å². The highest BCUT2D eigenvalue weighted by Gasteiger charge is 2.33. The second-order valence-electron chi connectivity index (χ2n) is 9.05. The van der Waals surface area contributed by atoms with Gasteiger partial charge < -0.3 is 13.9 Å². The Labute approximate surface area is 232 Å². The maximum Gasteiger partial charge on any atom is 0.338 e. The summed E-state index contributed by atoms with van der Waals surface area (Å²) in [6.45, 7) is 7.22. The number of carbonyl (C=O) groups is 1. The summed E-state index contributed by atoms with van der Waals surface area (Å²) in [6.07, 6.45) is 3.05. The van der Waals surface area contributed by atoms with E-state index in [1.54, 1.807) is 62.9 Å². The van der Waals surface area contributed by atoms with Gasteiger partial charge in [0.25, 0.3) is 5.56 Å². The lowest BCUT2D eigenvalue weighted by Gasteiger charge is -2.25. The molecule has 39 heavy (non-hydrogen) atoms. The van der Waals surface area contributed by atoms with E-state index in [2.05, 4.69) is 15.0 Å². The number of hydrogen-bond acceptors (Lipinski definition) is 10. The Morgan fingerprint density at radius 2 is 1.92 bits per heavy atom. The van der Waals surface area contributed by atoms with Crippen LogP contribution < -0.4 is 19.6 Å². The molecule has 0 spiro atoms. The molecular formula is C28H26N4O5S2. The molecule has 0 radical (unpaired) electrons. The second kappa shape index (κ2) is 11.0. The number of carbonyl (C=O) groups excluding carboxylic acids is 1. The van der Waals surface area contributed by atoms with Gasteiger partial charge in [-0.15, -0.1) is 0 Å². The first kappa shape index (κ1) is 26.6. The van der Waals surface area contributed by atoms with Gasteiger partial charge in [-0.05, 0) is 75.4 Å². The van der Waals surface area contributed by atoms with Crippen molar-refractivity contribution in [1.29, 1.82) is 0 Å². The number of furan rings is 1. The Morgan fingerprint density at radius 1 is 1.15 bits per heavy atom. The molecule has 0 saturated carbocycles. The van der Waals surface area contributed by atoms with Gasteiger partial charge in [-0.25, -0.2) is 19.8 Å². The fourth-order valence-electron chi connectivity index (χ4n) is 4.12. The highest BCUT2D eigenvalue weighted by atomic mass is 32.2. The molecule has 0 unspecified atom stereocenters. The van der Waals surface area contributed by atoms with Crippen molar-refractivity contribution in [2.45, 2.75) is 50.1 Å². The third kappa shape index (κ3) is 5.59. The van der Waals surface area contributed by atoms with E-state index in [0.717, 1.165) is 11.3 Å². The molecule has 1 aliphatic heterocycles. The largest absolute Gasteiger partial charge is 0.497 e. The number of esters is 1. The molecule has 0 saturated heterocycles. The van der Waals surface area contributed by atoms with Crippen molar-refractivity contribution >= 4 is 35.1 Å². The minimum Gasteiger partial charge on any atom is -0.497 e. The number of fused-ring (bicyclic) bond motifs is 1. The zero-order valence-corrected chi connectivity index (χ0v) is 23.6. The molecule has 0 bridgehead atoms. The molecule has 5 rings (SSSR count). The van der Waals surface area contributed by atoms with Gasteiger partial charge in [0.1, 0.15) is 11.5 Å². The summed E-state index contributed by atoms with van der Waals surface area (Å²) < 4.78 is 18.8. The van der Waals surface area contributed by atoms with Crippen LogP contribution in [-0.2, 0) is 9.53 Å².